The van der Waals surface area contributed by atoms with Crippen molar-refractivity contribution in [3.05, 3.63) is 18.4 Å². The average molecular weight is 522 g/mol. The first-order chi connectivity index (χ1) is 10.1. The number of aliphatic carboxylic acids is 3. The summed E-state index contributed by atoms with van der Waals surface area (Å²) in [6.07, 6.45) is -1.27. The van der Waals surface area contributed by atoms with Gasteiger partial charge in [0.15, 0.2) is 0 Å². The van der Waals surface area contributed by atoms with Crippen molar-refractivity contribution >= 4 is 51.2 Å². The summed E-state index contributed by atoms with van der Waals surface area (Å²) >= 11 is 0. The van der Waals surface area contributed by atoms with E-state index in [-0.39, 0.29) is 39.2 Å². The topological polar surface area (TPSA) is 180 Å². The van der Waals surface area contributed by atoms with Gasteiger partial charge >= 0.3 is 5.97 Å². The Bertz CT molecular complexity index is 520. The van der Waals surface area contributed by atoms with Crippen LogP contribution in [0.5, 0.6) is 5.95 Å². The first-order valence-electron chi connectivity index (χ1n) is 5.62. The minimum atomic E-state index is -2.97. The normalized spacial score (nSPS) is 9.65. The molecule has 10 nitrogen and oxygen atoms in total. The molecule has 0 aromatic carbocycles. The van der Waals surface area contributed by atoms with Crippen molar-refractivity contribution in [3.8, 4) is 5.95 Å². The molecule has 1 aromatic rings. The first kappa shape index (κ1) is 23.3. The number of rotatable bonds is 6. The zero-order chi connectivity index (χ0) is 17.3. The monoisotopic (exact) mass is 523 g/mol. The van der Waals surface area contributed by atoms with Gasteiger partial charge in [-0.2, -0.15) is 0 Å². The Labute approximate surface area is 149 Å². The van der Waals surface area contributed by atoms with Crippen LogP contribution in [-0.2, 0) is 19.2 Å². The molecule has 23 heavy (non-hydrogen) atoms. The van der Waals surface area contributed by atoms with Crippen molar-refractivity contribution in [3.63, 3.8) is 0 Å². The van der Waals surface area contributed by atoms with Gasteiger partial charge < -0.3 is 44.0 Å². The molecule has 1 heterocycles. The Hall–Kier alpha value is -1.96. The summed E-state index contributed by atoms with van der Waals surface area (Å²) in [6, 6.07) is 3.22. The van der Waals surface area contributed by atoms with Crippen LogP contribution < -0.4 is 20.1 Å². The van der Waals surface area contributed by atoms with Gasteiger partial charge in [0, 0.05) is 65.1 Å². The van der Waals surface area contributed by atoms with E-state index in [1.807, 2.05) is 0 Å². The number of hydrogen-bond donors (Lipinski definition) is 1. The average Bonchev–Trinajstić information content (AvgIpc) is 2.79. The molecule has 0 saturated carbocycles. The maximum absolute atomic E-state index is 10.2. The number of carboxylic acid groups (broad SMARTS) is 3. The molecule has 0 aliphatic rings. The Morgan fingerprint density at radius 1 is 1.17 bits per heavy atom. The smallest absolute Gasteiger partial charge is 0.310 e. The number of ether oxygens (including phenoxy) is 1. The Balaban J connectivity index is 0. The van der Waals surface area contributed by atoms with Gasteiger partial charge in [0.25, 0.3) is 5.95 Å². The maximum Gasteiger partial charge on any atom is 0.310 e. The van der Waals surface area contributed by atoms with Gasteiger partial charge in [-0.1, -0.05) is 0 Å². The van der Waals surface area contributed by atoms with Crippen molar-refractivity contribution in [2.45, 2.75) is 25.4 Å². The predicted octanol–water partition coefficient (Wildman–Crippen LogP) is -4.43. The molecule has 126 valence electrons. The third-order valence-corrected chi connectivity index (χ3v) is 1.99. The molecule has 0 unspecified atom stereocenters. The van der Waals surface area contributed by atoms with Crippen LogP contribution in [0.4, 0.5) is 0 Å². The number of aliphatic hydroxyl groups is 1. The molecule has 0 amide bonds. The van der Waals surface area contributed by atoms with E-state index in [9.17, 15) is 34.5 Å². The Kier molecular flexibility index (Phi) is 10.9. The van der Waals surface area contributed by atoms with Gasteiger partial charge in [-0.05, 0) is 6.07 Å². The van der Waals surface area contributed by atoms with E-state index in [0.29, 0.717) is 0 Å². The second kappa shape index (κ2) is 10.7. The van der Waals surface area contributed by atoms with Crippen molar-refractivity contribution in [2.24, 2.45) is 0 Å². The number of furan rings is 1. The summed E-state index contributed by atoms with van der Waals surface area (Å²) in [5, 5.41) is 38.9. The SMILES string of the molecule is CC(=O)Oc1ccco1.O=C([O-])CC(O)(CC(=O)[O-])C(=O)[O-].[Pb]. The summed E-state index contributed by atoms with van der Waals surface area (Å²) < 4.78 is 9.25. The summed E-state index contributed by atoms with van der Waals surface area (Å²) in [5.41, 5.74) is -2.97. The molecule has 0 atom stereocenters. The molecule has 4 radical (unpaired) electrons. The second-order valence-electron chi connectivity index (χ2n) is 3.94. The molecular weight excluding hydrogens is 511 g/mol. The largest absolute Gasteiger partial charge is 0.550 e. The van der Waals surface area contributed by atoms with Crippen LogP contribution in [0.1, 0.15) is 19.8 Å². The summed E-state index contributed by atoms with van der Waals surface area (Å²) in [7, 11) is 0. The van der Waals surface area contributed by atoms with E-state index >= 15 is 0 Å². The maximum atomic E-state index is 10.2. The fourth-order valence-corrected chi connectivity index (χ4v) is 1.15. The number of hydrogen-bond acceptors (Lipinski definition) is 10. The molecule has 1 aromatic heterocycles. The molecule has 0 fully saturated rings. The van der Waals surface area contributed by atoms with E-state index in [2.05, 4.69) is 4.74 Å². The molecule has 1 N–H and O–H groups in total. The standard InChI is InChI=1S/C6H8O7.C6H6O3.Pb/c7-3(8)1-6(13,5(11)12)2-4(9)10;1-5(7)9-6-3-2-4-8-6;/h13H,1-2H2,(H,7,8)(H,9,10)(H,11,12);2-4H,1H3;/p-3. The summed E-state index contributed by atoms with van der Waals surface area (Å²) in [4.78, 5) is 40.2. The Morgan fingerprint density at radius 2 is 1.65 bits per heavy atom. The van der Waals surface area contributed by atoms with Crippen LogP contribution in [0.2, 0.25) is 0 Å². The molecule has 0 bridgehead atoms. The van der Waals surface area contributed by atoms with Crippen LogP contribution in [0.25, 0.3) is 0 Å². The number of carbonyl (C=O) groups excluding carboxylic acids is 4. The number of esters is 1. The fraction of sp³-hybridized carbons (Fsp3) is 0.333. The number of carbonyl (C=O) groups is 4. The van der Waals surface area contributed by atoms with E-state index in [0.717, 1.165) is 0 Å². The summed E-state index contributed by atoms with van der Waals surface area (Å²) in [5.74, 6) is -6.12. The van der Waals surface area contributed by atoms with Gasteiger partial charge in [0.1, 0.15) is 5.60 Å². The van der Waals surface area contributed by atoms with Gasteiger partial charge in [-0.3, -0.25) is 4.79 Å². The van der Waals surface area contributed by atoms with Crippen molar-refractivity contribution < 1.29 is 48.8 Å². The molecular formula is C12H11O10Pb-3. The van der Waals surface area contributed by atoms with Crippen LogP contribution in [0, 0.1) is 0 Å². The third kappa shape index (κ3) is 10.4. The van der Waals surface area contributed by atoms with Crippen LogP contribution in [-0.4, -0.2) is 61.9 Å². The van der Waals surface area contributed by atoms with Crippen LogP contribution in [0.3, 0.4) is 0 Å². The van der Waals surface area contributed by atoms with Gasteiger partial charge in [0.05, 0.1) is 12.2 Å². The molecule has 0 aliphatic heterocycles. The Morgan fingerprint density at radius 3 is 1.91 bits per heavy atom. The third-order valence-electron chi connectivity index (χ3n) is 1.99. The van der Waals surface area contributed by atoms with Gasteiger partial charge in [-0.15, -0.1) is 0 Å². The molecule has 1 rings (SSSR count). The van der Waals surface area contributed by atoms with Crippen LogP contribution >= 0.6 is 0 Å². The van der Waals surface area contributed by atoms with Crippen molar-refractivity contribution in [1.82, 2.24) is 0 Å². The van der Waals surface area contributed by atoms with Crippen LogP contribution in [0.15, 0.2) is 22.8 Å². The zero-order valence-electron chi connectivity index (χ0n) is 11.8. The zero-order valence-corrected chi connectivity index (χ0v) is 15.7. The van der Waals surface area contributed by atoms with E-state index in [1.165, 1.54) is 13.2 Å². The van der Waals surface area contributed by atoms with Crippen molar-refractivity contribution in [1.29, 1.82) is 0 Å². The fourth-order valence-electron chi connectivity index (χ4n) is 1.15. The van der Waals surface area contributed by atoms with Gasteiger partial charge in [-0.25, -0.2) is 0 Å². The van der Waals surface area contributed by atoms with E-state index in [4.69, 9.17) is 9.52 Å². The number of carboxylic acids is 3. The molecule has 0 saturated heterocycles. The minimum absolute atomic E-state index is 0. The van der Waals surface area contributed by atoms with Gasteiger partial charge in [0.2, 0.25) is 0 Å². The summed E-state index contributed by atoms with van der Waals surface area (Å²) in [6.45, 7) is 1.32. The first-order valence-corrected chi connectivity index (χ1v) is 5.62. The molecule has 0 spiro atoms. The minimum Gasteiger partial charge on any atom is -0.550 e. The second-order valence-corrected chi connectivity index (χ2v) is 3.94. The quantitative estimate of drug-likeness (QED) is 0.283. The van der Waals surface area contributed by atoms with E-state index < -0.39 is 36.4 Å². The van der Waals surface area contributed by atoms with E-state index in [1.54, 1.807) is 12.1 Å². The molecule has 11 heteroatoms. The van der Waals surface area contributed by atoms with Crippen molar-refractivity contribution in [2.75, 3.05) is 0 Å². The predicted molar refractivity (Wildman–Crippen MR) is 65.0 cm³/mol. The molecule has 0 aliphatic carbocycles.